The number of nitrogens with one attached hydrogen (secondary N) is 2. The average molecular weight is 322 g/mol. The normalized spacial score (nSPS) is 10.0. The van der Waals surface area contributed by atoms with Crippen LogP contribution in [0.15, 0.2) is 18.2 Å². The summed E-state index contributed by atoms with van der Waals surface area (Å²) in [6, 6.07) is 5.56. The number of hydrogen-bond donors (Lipinski definition) is 2. The first-order valence-electron chi connectivity index (χ1n) is 7.85. The van der Waals surface area contributed by atoms with Crippen molar-refractivity contribution in [3.05, 3.63) is 23.8 Å². The number of carbonyl (C=O) groups excluding carboxylic acids is 2. The summed E-state index contributed by atoms with van der Waals surface area (Å²) in [4.78, 5) is 23.3. The van der Waals surface area contributed by atoms with E-state index in [1.165, 1.54) is 0 Å². The number of hydrogen-bond acceptors (Lipinski definition) is 4. The van der Waals surface area contributed by atoms with Gasteiger partial charge in [0.25, 0.3) is 0 Å². The third-order valence-corrected chi connectivity index (χ3v) is 3.39. The minimum Gasteiger partial charge on any atom is -0.493 e. The molecule has 6 nitrogen and oxygen atoms in total. The molecule has 0 saturated carbocycles. The van der Waals surface area contributed by atoms with Crippen molar-refractivity contribution in [2.24, 2.45) is 0 Å². The lowest BCUT2D eigenvalue weighted by Crippen LogP contribution is -2.37. The Kier molecular flexibility index (Phi) is 8.57. The van der Waals surface area contributed by atoms with Gasteiger partial charge in [-0.3, -0.25) is 9.59 Å². The molecule has 1 aromatic rings. The van der Waals surface area contributed by atoms with E-state index < -0.39 is 0 Å². The van der Waals surface area contributed by atoms with Gasteiger partial charge in [-0.1, -0.05) is 19.4 Å². The smallest absolute Gasteiger partial charge is 0.239 e. The minimum absolute atomic E-state index is 0.0223. The molecule has 0 unspecified atom stereocenters. The molecule has 0 aliphatic carbocycles. The molecule has 128 valence electrons. The van der Waals surface area contributed by atoms with Crippen LogP contribution in [0, 0.1) is 0 Å². The molecule has 1 aromatic carbocycles. The zero-order valence-corrected chi connectivity index (χ0v) is 14.1. The van der Waals surface area contributed by atoms with Crippen molar-refractivity contribution in [3.63, 3.8) is 0 Å². The summed E-state index contributed by atoms with van der Waals surface area (Å²) in [7, 11) is 3.15. The van der Waals surface area contributed by atoms with Crippen LogP contribution in [0.3, 0.4) is 0 Å². The molecule has 0 radical (unpaired) electrons. The van der Waals surface area contributed by atoms with E-state index in [0.29, 0.717) is 30.9 Å². The Balaban J connectivity index is 2.34. The highest BCUT2D eigenvalue weighted by Gasteiger charge is 2.08. The summed E-state index contributed by atoms with van der Waals surface area (Å²) in [6.07, 6.45) is 2.86. The van der Waals surface area contributed by atoms with Crippen molar-refractivity contribution in [3.8, 4) is 11.5 Å². The average Bonchev–Trinajstić information content (AvgIpc) is 2.58. The van der Waals surface area contributed by atoms with Crippen molar-refractivity contribution in [1.29, 1.82) is 0 Å². The molecule has 1 rings (SSSR count). The number of methoxy groups -OCH3 is 2. The standard InChI is InChI=1S/C17H26N2O4/c1-4-5-10-18-17(21)12-19-16(20)9-7-13-6-8-14(22-2)15(11-13)23-3/h6,8,11H,4-5,7,9-10,12H2,1-3H3,(H,18,21)(H,19,20). The fraction of sp³-hybridized carbons (Fsp3) is 0.529. The number of rotatable bonds is 10. The lowest BCUT2D eigenvalue weighted by molar-refractivity contribution is -0.126. The lowest BCUT2D eigenvalue weighted by atomic mass is 10.1. The fourth-order valence-electron chi connectivity index (χ4n) is 2.03. The van der Waals surface area contributed by atoms with Gasteiger partial charge >= 0.3 is 0 Å². The van der Waals surface area contributed by atoms with E-state index in [1.54, 1.807) is 14.2 Å². The molecule has 23 heavy (non-hydrogen) atoms. The summed E-state index contributed by atoms with van der Waals surface area (Å²) >= 11 is 0. The highest BCUT2D eigenvalue weighted by molar-refractivity contribution is 5.84. The van der Waals surface area contributed by atoms with Gasteiger partial charge in [-0.25, -0.2) is 0 Å². The van der Waals surface area contributed by atoms with Crippen molar-refractivity contribution in [1.82, 2.24) is 10.6 Å². The molecule has 2 N–H and O–H groups in total. The number of ether oxygens (including phenoxy) is 2. The molecule has 0 atom stereocenters. The van der Waals surface area contributed by atoms with Crippen LogP contribution in [-0.2, 0) is 16.0 Å². The molecule has 0 aliphatic rings. The maximum Gasteiger partial charge on any atom is 0.239 e. The first-order valence-corrected chi connectivity index (χ1v) is 7.85. The Bertz CT molecular complexity index is 517. The first kappa shape index (κ1) is 18.8. The van der Waals surface area contributed by atoms with E-state index in [0.717, 1.165) is 18.4 Å². The number of unbranched alkanes of at least 4 members (excludes halogenated alkanes) is 1. The molecule has 6 heteroatoms. The van der Waals surface area contributed by atoms with Crippen LogP contribution in [0.5, 0.6) is 11.5 Å². The van der Waals surface area contributed by atoms with Gasteiger partial charge in [0.05, 0.1) is 20.8 Å². The number of amides is 2. The third kappa shape index (κ3) is 7.04. The van der Waals surface area contributed by atoms with Crippen LogP contribution in [0.2, 0.25) is 0 Å². The molecule has 2 amide bonds. The molecule has 0 aliphatic heterocycles. The zero-order valence-electron chi connectivity index (χ0n) is 14.1. The second-order valence-corrected chi connectivity index (χ2v) is 5.17. The SMILES string of the molecule is CCCCNC(=O)CNC(=O)CCc1ccc(OC)c(OC)c1. The summed E-state index contributed by atoms with van der Waals surface area (Å²) in [5, 5.41) is 5.38. The van der Waals surface area contributed by atoms with E-state index in [-0.39, 0.29) is 18.4 Å². The minimum atomic E-state index is -0.155. The quantitative estimate of drug-likeness (QED) is 0.643. The van der Waals surface area contributed by atoms with E-state index in [1.807, 2.05) is 18.2 Å². The van der Waals surface area contributed by atoms with Crippen LogP contribution in [0.1, 0.15) is 31.7 Å². The van der Waals surface area contributed by atoms with Gasteiger partial charge in [0, 0.05) is 13.0 Å². The molecule has 0 heterocycles. The van der Waals surface area contributed by atoms with Crippen molar-refractivity contribution in [2.75, 3.05) is 27.3 Å². The van der Waals surface area contributed by atoms with Crippen LogP contribution in [-0.4, -0.2) is 39.1 Å². The molecule has 0 spiro atoms. The largest absolute Gasteiger partial charge is 0.493 e. The van der Waals surface area contributed by atoms with Gasteiger partial charge in [0.2, 0.25) is 11.8 Å². The van der Waals surface area contributed by atoms with Gasteiger partial charge in [-0.15, -0.1) is 0 Å². The van der Waals surface area contributed by atoms with E-state index in [2.05, 4.69) is 17.6 Å². The maximum absolute atomic E-state index is 11.8. The second-order valence-electron chi connectivity index (χ2n) is 5.17. The van der Waals surface area contributed by atoms with Gasteiger partial charge in [-0.05, 0) is 30.5 Å². The molecule has 0 fully saturated rings. The Morgan fingerprint density at radius 3 is 2.43 bits per heavy atom. The van der Waals surface area contributed by atoms with Crippen molar-refractivity contribution >= 4 is 11.8 Å². The Morgan fingerprint density at radius 1 is 1.04 bits per heavy atom. The third-order valence-electron chi connectivity index (χ3n) is 3.39. The Labute approximate surface area is 137 Å². The molecule has 0 saturated heterocycles. The number of carbonyl (C=O) groups is 2. The van der Waals surface area contributed by atoms with Crippen molar-refractivity contribution in [2.45, 2.75) is 32.6 Å². The van der Waals surface area contributed by atoms with Crippen LogP contribution in [0.4, 0.5) is 0 Å². The molecular weight excluding hydrogens is 296 g/mol. The van der Waals surface area contributed by atoms with E-state index in [9.17, 15) is 9.59 Å². The summed E-state index contributed by atoms with van der Waals surface area (Å²) < 4.78 is 10.4. The molecule has 0 bridgehead atoms. The van der Waals surface area contributed by atoms with Crippen LogP contribution in [0.25, 0.3) is 0 Å². The lowest BCUT2D eigenvalue weighted by Gasteiger charge is -2.10. The predicted molar refractivity (Wildman–Crippen MR) is 88.8 cm³/mol. The highest BCUT2D eigenvalue weighted by Crippen LogP contribution is 2.27. The van der Waals surface area contributed by atoms with Gasteiger partial charge in [0.15, 0.2) is 11.5 Å². The van der Waals surface area contributed by atoms with Gasteiger partial charge in [0.1, 0.15) is 0 Å². The van der Waals surface area contributed by atoms with Gasteiger partial charge in [-0.2, -0.15) is 0 Å². The predicted octanol–water partition coefficient (Wildman–Crippen LogP) is 1.67. The first-order chi connectivity index (χ1) is 11.1. The second kappa shape index (κ2) is 10.5. The molecular formula is C17H26N2O4. The summed E-state index contributed by atoms with van der Waals surface area (Å²) in [5.74, 6) is 0.994. The monoisotopic (exact) mass is 322 g/mol. The number of aryl methyl sites for hydroxylation is 1. The van der Waals surface area contributed by atoms with Crippen molar-refractivity contribution < 1.29 is 19.1 Å². The van der Waals surface area contributed by atoms with Gasteiger partial charge < -0.3 is 20.1 Å². The van der Waals surface area contributed by atoms with E-state index in [4.69, 9.17) is 9.47 Å². The highest BCUT2D eigenvalue weighted by atomic mass is 16.5. The fourth-order valence-corrected chi connectivity index (χ4v) is 2.03. The Morgan fingerprint density at radius 2 is 1.78 bits per heavy atom. The topological polar surface area (TPSA) is 76.7 Å². The molecule has 0 aromatic heterocycles. The Hall–Kier alpha value is -2.24. The summed E-state index contributed by atoms with van der Waals surface area (Å²) in [5.41, 5.74) is 0.977. The number of benzene rings is 1. The zero-order chi connectivity index (χ0) is 17.1. The van der Waals surface area contributed by atoms with Crippen LogP contribution < -0.4 is 20.1 Å². The summed E-state index contributed by atoms with van der Waals surface area (Å²) in [6.45, 7) is 2.73. The maximum atomic E-state index is 11.8. The van der Waals surface area contributed by atoms with E-state index >= 15 is 0 Å². The van der Waals surface area contributed by atoms with Crippen LogP contribution >= 0.6 is 0 Å².